The first-order valence-electron chi connectivity index (χ1n) is 9.48. The number of hydrogen-bond donors (Lipinski definition) is 0. The SMILES string of the molecule is CC(C)[C@@H]1CC[C@@H](C)C[C@H]1OC(=O)C1(C(F)(F)F)Cc2ccccc2C1=O. The fraction of sp³-hybridized carbons (Fsp3) is 0.619. The van der Waals surface area contributed by atoms with E-state index in [9.17, 15) is 22.8 Å². The van der Waals surface area contributed by atoms with Crippen molar-refractivity contribution >= 4 is 11.8 Å². The van der Waals surface area contributed by atoms with E-state index in [1.165, 1.54) is 18.2 Å². The predicted molar refractivity (Wildman–Crippen MR) is 94.2 cm³/mol. The van der Waals surface area contributed by atoms with Gasteiger partial charge in [0.2, 0.25) is 5.41 Å². The molecular formula is C21H25F3O3. The van der Waals surface area contributed by atoms with Crippen molar-refractivity contribution < 1.29 is 27.5 Å². The van der Waals surface area contributed by atoms with Gasteiger partial charge in [-0.2, -0.15) is 13.2 Å². The Balaban J connectivity index is 1.93. The van der Waals surface area contributed by atoms with Crippen LogP contribution in [-0.4, -0.2) is 24.0 Å². The Morgan fingerprint density at radius 2 is 1.89 bits per heavy atom. The number of ketones is 1. The van der Waals surface area contributed by atoms with Crippen LogP contribution in [0.1, 0.15) is 56.0 Å². The second-order valence-electron chi connectivity index (χ2n) is 8.34. The van der Waals surface area contributed by atoms with Crippen LogP contribution in [0.5, 0.6) is 0 Å². The van der Waals surface area contributed by atoms with Crippen LogP contribution in [0.3, 0.4) is 0 Å². The Bertz CT molecular complexity index is 740. The van der Waals surface area contributed by atoms with Gasteiger partial charge in [-0.3, -0.25) is 9.59 Å². The molecule has 6 heteroatoms. The van der Waals surface area contributed by atoms with E-state index in [2.05, 4.69) is 0 Å². The van der Waals surface area contributed by atoms with Gasteiger partial charge in [0.1, 0.15) is 6.10 Å². The molecule has 0 spiro atoms. The number of carbonyl (C=O) groups excluding carboxylic acids is 2. The van der Waals surface area contributed by atoms with Gasteiger partial charge in [-0.1, -0.05) is 51.5 Å². The topological polar surface area (TPSA) is 43.4 Å². The van der Waals surface area contributed by atoms with Crippen molar-refractivity contribution in [3.8, 4) is 0 Å². The van der Waals surface area contributed by atoms with Crippen LogP contribution in [0.15, 0.2) is 24.3 Å². The second-order valence-corrected chi connectivity index (χ2v) is 8.34. The Labute approximate surface area is 157 Å². The zero-order valence-corrected chi connectivity index (χ0v) is 15.8. The molecule has 1 aromatic rings. The van der Waals surface area contributed by atoms with E-state index in [4.69, 9.17) is 4.74 Å². The number of halogens is 3. The Morgan fingerprint density at radius 1 is 1.22 bits per heavy atom. The molecule has 0 aromatic heterocycles. The number of benzene rings is 1. The van der Waals surface area contributed by atoms with Crippen LogP contribution in [-0.2, 0) is 16.0 Å². The first kappa shape index (κ1) is 19.9. The number of ether oxygens (including phenoxy) is 1. The summed E-state index contributed by atoms with van der Waals surface area (Å²) in [6, 6.07) is 5.89. The standard InChI is InChI=1S/C21H25F3O3/c1-12(2)15-9-8-13(3)10-17(15)27-19(26)20(21(22,23)24)11-14-6-4-5-7-16(14)18(20)25/h4-7,12-13,15,17H,8-11H2,1-3H3/t13-,15+,17-,20?/m1/s1. The zero-order valence-electron chi connectivity index (χ0n) is 15.8. The fourth-order valence-corrected chi connectivity index (χ4v) is 4.49. The third kappa shape index (κ3) is 3.27. The van der Waals surface area contributed by atoms with Gasteiger partial charge < -0.3 is 4.74 Å². The molecular weight excluding hydrogens is 357 g/mol. The number of alkyl halides is 3. The number of rotatable bonds is 3. The van der Waals surface area contributed by atoms with Crippen LogP contribution in [0.25, 0.3) is 0 Å². The van der Waals surface area contributed by atoms with Crippen LogP contribution < -0.4 is 0 Å². The average Bonchev–Trinajstić information content (AvgIpc) is 2.89. The summed E-state index contributed by atoms with van der Waals surface area (Å²) in [7, 11) is 0. The van der Waals surface area contributed by atoms with Gasteiger partial charge in [0.05, 0.1) is 0 Å². The lowest BCUT2D eigenvalue weighted by Crippen LogP contribution is -2.52. The molecule has 148 valence electrons. The molecule has 0 bridgehead atoms. The Kier molecular flexibility index (Phi) is 5.12. The molecule has 0 radical (unpaired) electrons. The van der Waals surface area contributed by atoms with Gasteiger partial charge in [-0.15, -0.1) is 0 Å². The molecule has 0 N–H and O–H groups in total. The molecule has 2 aliphatic carbocycles. The lowest BCUT2D eigenvalue weighted by atomic mass is 9.75. The largest absolute Gasteiger partial charge is 0.461 e. The van der Waals surface area contributed by atoms with E-state index in [0.717, 1.165) is 12.8 Å². The molecule has 0 heterocycles. The van der Waals surface area contributed by atoms with E-state index in [1.807, 2.05) is 20.8 Å². The fourth-order valence-electron chi connectivity index (χ4n) is 4.49. The van der Waals surface area contributed by atoms with Gasteiger partial charge in [0, 0.05) is 12.0 Å². The maximum absolute atomic E-state index is 14.0. The van der Waals surface area contributed by atoms with Crippen molar-refractivity contribution in [1.29, 1.82) is 0 Å². The van der Waals surface area contributed by atoms with Crippen LogP contribution in [0, 0.1) is 23.2 Å². The third-order valence-corrected chi connectivity index (χ3v) is 6.16. The summed E-state index contributed by atoms with van der Waals surface area (Å²) in [5, 5.41) is 0. The molecule has 1 fully saturated rings. The van der Waals surface area contributed by atoms with Gasteiger partial charge >= 0.3 is 12.1 Å². The van der Waals surface area contributed by atoms with Gasteiger partial charge in [0.25, 0.3) is 0 Å². The van der Waals surface area contributed by atoms with Crippen molar-refractivity contribution in [2.45, 2.75) is 58.7 Å². The third-order valence-electron chi connectivity index (χ3n) is 6.16. The van der Waals surface area contributed by atoms with Crippen molar-refractivity contribution in [2.75, 3.05) is 0 Å². The number of Topliss-reactive ketones (excluding diaryl/α,β-unsaturated/α-hetero) is 1. The quantitative estimate of drug-likeness (QED) is 0.547. The summed E-state index contributed by atoms with van der Waals surface area (Å²) >= 11 is 0. The molecule has 0 amide bonds. The molecule has 1 unspecified atom stereocenters. The van der Waals surface area contributed by atoms with Gasteiger partial charge in [0.15, 0.2) is 5.78 Å². The van der Waals surface area contributed by atoms with Crippen LogP contribution in [0.2, 0.25) is 0 Å². The molecule has 2 aliphatic rings. The summed E-state index contributed by atoms with van der Waals surface area (Å²) in [5.74, 6) is -2.17. The minimum atomic E-state index is -5.01. The van der Waals surface area contributed by atoms with Gasteiger partial charge in [-0.25, -0.2) is 0 Å². The van der Waals surface area contributed by atoms with Gasteiger partial charge in [-0.05, 0) is 36.2 Å². The van der Waals surface area contributed by atoms with Crippen molar-refractivity contribution in [3.05, 3.63) is 35.4 Å². The number of esters is 1. The highest BCUT2D eigenvalue weighted by Gasteiger charge is 2.69. The van der Waals surface area contributed by atoms with E-state index in [0.29, 0.717) is 6.42 Å². The lowest BCUT2D eigenvalue weighted by molar-refractivity contribution is -0.223. The number of fused-ring (bicyclic) bond motifs is 1. The van der Waals surface area contributed by atoms with E-state index in [1.54, 1.807) is 6.07 Å². The molecule has 1 aromatic carbocycles. The Morgan fingerprint density at radius 3 is 2.48 bits per heavy atom. The maximum atomic E-state index is 14.0. The summed E-state index contributed by atoms with van der Waals surface area (Å²) in [6.07, 6.45) is -3.97. The molecule has 0 aliphatic heterocycles. The van der Waals surface area contributed by atoms with Crippen LogP contribution in [0.4, 0.5) is 13.2 Å². The first-order valence-corrected chi connectivity index (χ1v) is 9.48. The number of carbonyl (C=O) groups is 2. The molecule has 3 nitrogen and oxygen atoms in total. The van der Waals surface area contributed by atoms with E-state index >= 15 is 0 Å². The predicted octanol–water partition coefficient (Wildman–Crippen LogP) is 4.98. The highest BCUT2D eigenvalue weighted by molar-refractivity contribution is 6.16. The summed E-state index contributed by atoms with van der Waals surface area (Å²) in [4.78, 5) is 25.6. The summed E-state index contributed by atoms with van der Waals surface area (Å²) < 4.78 is 47.6. The van der Waals surface area contributed by atoms with E-state index < -0.39 is 35.9 Å². The monoisotopic (exact) mass is 382 g/mol. The second kappa shape index (κ2) is 6.95. The minimum absolute atomic E-state index is 0.00862. The maximum Gasteiger partial charge on any atom is 0.412 e. The Hall–Kier alpha value is -1.85. The molecule has 27 heavy (non-hydrogen) atoms. The molecule has 3 rings (SSSR count). The molecule has 0 saturated heterocycles. The van der Waals surface area contributed by atoms with Crippen molar-refractivity contribution in [1.82, 2.24) is 0 Å². The highest BCUT2D eigenvalue weighted by Crippen LogP contribution is 2.50. The smallest absolute Gasteiger partial charge is 0.412 e. The van der Waals surface area contributed by atoms with E-state index in [-0.39, 0.29) is 28.9 Å². The summed E-state index contributed by atoms with van der Waals surface area (Å²) in [6.45, 7) is 5.97. The molecule has 1 saturated carbocycles. The average molecular weight is 382 g/mol. The van der Waals surface area contributed by atoms with Crippen LogP contribution >= 0.6 is 0 Å². The molecule has 4 atom stereocenters. The first-order chi connectivity index (χ1) is 12.6. The lowest BCUT2D eigenvalue weighted by Gasteiger charge is -2.38. The van der Waals surface area contributed by atoms with Crippen molar-refractivity contribution in [2.24, 2.45) is 23.2 Å². The van der Waals surface area contributed by atoms with Crippen molar-refractivity contribution in [3.63, 3.8) is 0 Å². The summed E-state index contributed by atoms with van der Waals surface area (Å²) in [5.41, 5.74) is -2.92. The minimum Gasteiger partial charge on any atom is -0.461 e. The number of hydrogen-bond acceptors (Lipinski definition) is 3. The zero-order chi connectivity index (χ0) is 20.0. The normalized spacial score (nSPS) is 31.1. The highest BCUT2D eigenvalue weighted by atomic mass is 19.4.